The first kappa shape index (κ1) is 18.3. The minimum atomic E-state index is -0.507. The van der Waals surface area contributed by atoms with Crippen LogP contribution in [0.1, 0.15) is 11.1 Å². The van der Waals surface area contributed by atoms with Gasteiger partial charge in [0.2, 0.25) is 0 Å². The van der Waals surface area contributed by atoms with Crippen LogP contribution < -0.4 is 5.32 Å². The molecule has 0 heterocycles. The smallest absolute Gasteiger partial charge is 0.261 e. The molecule has 0 saturated carbocycles. The lowest BCUT2D eigenvalue weighted by Crippen LogP contribution is -2.20. The van der Waals surface area contributed by atoms with Gasteiger partial charge < -0.3 is 10.4 Å². The first-order valence-corrected chi connectivity index (χ1v) is 9.24. The molecule has 3 aromatic carbocycles. The molecule has 1 amide bonds. The molecule has 0 bridgehead atoms. The molecule has 0 saturated heterocycles. The van der Waals surface area contributed by atoms with Crippen molar-refractivity contribution in [2.24, 2.45) is 4.99 Å². The molecule has 28 heavy (non-hydrogen) atoms. The largest absolute Gasteiger partial charge is 0.506 e. The zero-order valence-corrected chi connectivity index (χ0v) is 16.0. The number of halogens is 2. The molecule has 1 aliphatic rings. The number of rotatable bonds is 3. The van der Waals surface area contributed by atoms with Crippen LogP contribution in [0.3, 0.4) is 0 Å². The standard InChI is InChI=1S/C22H14Cl2N2O2/c23-15-9-3-5-11-17(15)25-20-13-7-1-2-8-14(13)21(27)19(20)22(28)26-18-12-6-4-10-16(18)24/h1-12,27H,(H,26,28). The fraction of sp³-hybridized carbons (Fsp3) is 0. The Morgan fingerprint density at radius 3 is 2.14 bits per heavy atom. The maximum atomic E-state index is 13.0. The van der Waals surface area contributed by atoms with Crippen molar-refractivity contribution in [1.29, 1.82) is 0 Å². The van der Waals surface area contributed by atoms with Crippen LogP contribution in [0.25, 0.3) is 5.76 Å². The Labute approximate surface area is 171 Å². The van der Waals surface area contributed by atoms with Crippen LogP contribution >= 0.6 is 23.2 Å². The summed E-state index contributed by atoms with van der Waals surface area (Å²) in [5.41, 5.74) is 2.57. The number of para-hydroxylation sites is 2. The highest BCUT2D eigenvalue weighted by molar-refractivity contribution is 6.40. The quantitative estimate of drug-likeness (QED) is 0.554. The number of hydrogen-bond acceptors (Lipinski definition) is 3. The van der Waals surface area contributed by atoms with Crippen LogP contribution in [0.4, 0.5) is 11.4 Å². The molecule has 1 aliphatic carbocycles. The van der Waals surface area contributed by atoms with E-state index in [2.05, 4.69) is 10.3 Å². The molecule has 0 atom stereocenters. The summed E-state index contributed by atoms with van der Waals surface area (Å²) >= 11 is 12.4. The SMILES string of the molecule is O=C(Nc1ccccc1Cl)C1=C(O)c2ccccc2C1=Nc1ccccc1Cl. The van der Waals surface area contributed by atoms with Gasteiger partial charge in [0.25, 0.3) is 5.91 Å². The number of amides is 1. The Bertz CT molecular complexity index is 1150. The third-order valence-corrected chi connectivity index (χ3v) is 4.99. The van der Waals surface area contributed by atoms with E-state index >= 15 is 0 Å². The highest BCUT2D eigenvalue weighted by Gasteiger charge is 2.32. The number of benzene rings is 3. The third kappa shape index (κ3) is 3.28. The van der Waals surface area contributed by atoms with Gasteiger partial charge in [-0.3, -0.25) is 4.79 Å². The molecule has 0 spiro atoms. The molecule has 4 nitrogen and oxygen atoms in total. The van der Waals surface area contributed by atoms with Crippen LogP contribution in [0, 0.1) is 0 Å². The number of carbonyl (C=O) groups excluding carboxylic acids is 1. The van der Waals surface area contributed by atoms with Crippen LogP contribution in [0.15, 0.2) is 83.4 Å². The Morgan fingerprint density at radius 2 is 1.43 bits per heavy atom. The molecule has 4 rings (SSSR count). The molecular weight excluding hydrogens is 395 g/mol. The third-order valence-electron chi connectivity index (χ3n) is 4.34. The molecule has 2 N–H and O–H groups in total. The van der Waals surface area contributed by atoms with Gasteiger partial charge in [-0.2, -0.15) is 0 Å². The van der Waals surface area contributed by atoms with E-state index in [1.807, 2.05) is 6.07 Å². The highest BCUT2D eigenvalue weighted by Crippen LogP contribution is 2.35. The second kappa shape index (κ2) is 7.50. The maximum Gasteiger partial charge on any atom is 0.261 e. The predicted octanol–water partition coefficient (Wildman–Crippen LogP) is 6.04. The van der Waals surface area contributed by atoms with E-state index in [-0.39, 0.29) is 11.3 Å². The second-order valence-corrected chi connectivity index (χ2v) is 6.93. The summed E-state index contributed by atoms with van der Waals surface area (Å²) in [5.74, 6) is -0.640. The summed E-state index contributed by atoms with van der Waals surface area (Å²) in [6, 6.07) is 21.1. The van der Waals surface area contributed by atoms with Crippen LogP contribution in [0.5, 0.6) is 0 Å². The van der Waals surface area contributed by atoms with E-state index in [1.54, 1.807) is 66.7 Å². The monoisotopic (exact) mass is 408 g/mol. The number of hydrogen-bond donors (Lipinski definition) is 2. The van der Waals surface area contributed by atoms with E-state index in [4.69, 9.17) is 23.2 Å². The van der Waals surface area contributed by atoms with Gasteiger partial charge in [0.1, 0.15) is 11.3 Å². The summed E-state index contributed by atoms with van der Waals surface area (Å²) in [6.45, 7) is 0. The van der Waals surface area contributed by atoms with Gasteiger partial charge in [0.15, 0.2) is 0 Å². The average molecular weight is 409 g/mol. The number of carbonyl (C=O) groups is 1. The molecular formula is C22H14Cl2N2O2. The van der Waals surface area contributed by atoms with E-state index < -0.39 is 5.91 Å². The second-order valence-electron chi connectivity index (χ2n) is 6.11. The zero-order valence-electron chi connectivity index (χ0n) is 14.5. The van der Waals surface area contributed by atoms with Crippen LogP contribution in [-0.4, -0.2) is 16.7 Å². The normalized spacial score (nSPS) is 14.3. The Balaban J connectivity index is 1.82. The zero-order chi connectivity index (χ0) is 19.7. The fourth-order valence-electron chi connectivity index (χ4n) is 3.02. The first-order valence-electron chi connectivity index (χ1n) is 8.48. The number of nitrogens with one attached hydrogen (secondary N) is 1. The van der Waals surface area contributed by atoms with Crippen molar-refractivity contribution in [3.63, 3.8) is 0 Å². The number of aliphatic hydroxyl groups is 1. The highest BCUT2D eigenvalue weighted by atomic mass is 35.5. The Morgan fingerprint density at radius 1 is 0.821 bits per heavy atom. The minimum Gasteiger partial charge on any atom is -0.506 e. The summed E-state index contributed by atoms with van der Waals surface area (Å²) in [7, 11) is 0. The summed E-state index contributed by atoms with van der Waals surface area (Å²) < 4.78 is 0. The van der Waals surface area contributed by atoms with Crippen molar-refractivity contribution in [3.8, 4) is 0 Å². The Hall–Kier alpha value is -3.08. The van der Waals surface area contributed by atoms with Crippen molar-refractivity contribution in [2.45, 2.75) is 0 Å². The molecule has 0 aromatic heterocycles. The van der Waals surface area contributed by atoms with E-state index in [0.29, 0.717) is 38.3 Å². The van der Waals surface area contributed by atoms with Crippen molar-refractivity contribution in [2.75, 3.05) is 5.32 Å². The summed E-state index contributed by atoms with van der Waals surface area (Å²) in [6.07, 6.45) is 0. The number of fused-ring (bicyclic) bond motifs is 1. The number of aliphatic imine (C=N–C) groups is 1. The molecule has 0 radical (unpaired) electrons. The summed E-state index contributed by atoms with van der Waals surface area (Å²) in [5, 5.41) is 14.3. The van der Waals surface area contributed by atoms with E-state index in [0.717, 1.165) is 0 Å². The molecule has 6 heteroatoms. The van der Waals surface area contributed by atoms with E-state index in [1.165, 1.54) is 0 Å². The van der Waals surface area contributed by atoms with Gasteiger partial charge in [-0.25, -0.2) is 4.99 Å². The maximum absolute atomic E-state index is 13.0. The van der Waals surface area contributed by atoms with Gasteiger partial charge in [-0.15, -0.1) is 0 Å². The fourth-order valence-corrected chi connectivity index (χ4v) is 3.38. The molecule has 0 fully saturated rings. The van der Waals surface area contributed by atoms with Crippen LogP contribution in [0.2, 0.25) is 10.0 Å². The average Bonchev–Trinajstić information content (AvgIpc) is 2.98. The van der Waals surface area contributed by atoms with Crippen molar-refractivity contribution < 1.29 is 9.90 Å². The van der Waals surface area contributed by atoms with Crippen LogP contribution in [-0.2, 0) is 4.79 Å². The predicted molar refractivity (Wildman–Crippen MR) is 114 cm³/mol. The number of aliphatic hydroxyl groups excluding tert-OH is 1. The number of anilines is 1. The van der Waals surface area contributed by atoms with Crippen molar-refractivity contribution >= 4 is 52.0 Å². The lowest BCUT2D eigenvalue weighted by Gasteiger charge is -2.10. The van der Waals surface area contributed by atoms with Gasteiger partial charge in [-0.05, 0) is 24.3 Å². The first-order chi connectivity index (χ1) is 13.6. The lowest BCUT2D eigenvalue weighted by molar-refractivity contribution is -0.112. The topological polar surface area (TPSA) is 61.7 Å². The van der Waals surface area contributed by atoms with Crippen molar-refractivity contribution in [1.82, 2.24) is 0 Å². The van der Waals surface area contributed by atoms with Gasteiger partial charge >= 0.3 is 0 Å². The minimum absolute atomic E-state index is 0.0704. The molecule has 0 aliphatic heterocycles. The van der Waals surface area contributed by atoms with Gasteiger partial charge in [0, 0.05) is 11.1 Å². The molecule has 0 unspecified atom stereocenters. The molecule has 138 valence electrons. The summed E-state index contributed by atoms with van der Waals surface area (Å²) in [4.78, 5) is 17.6. The van der Waals surface area contributed by atoms with Gasteiger partial charge in [-0.1, -0.05) is 71.7 Å². The number of nitrogens with zero attached hydrogens (tertiary/aromatic N) is 1. The Kier molecular flexibility index (Phi) is 4.90. The lowest BCUT2D eigenvalue weighted by atomic mass is 10.1. The van der Waals surface area contributed by atoms with Gasteiger partial charge in [0.05, 0.1) is 27.1 Å². The van der Waals surface area contributed by atoms with E-state index in [9.17, 15) is 9.90 Å². The van der Waals surface area contributed by atoms with Crippen molar-refractivity contribution in [3.05, 3.63) is 99.5 Å². The molecule has 3 aromatic rings.